The van der Waals surface area contributed by atoms with Gasteiger partial charge in [-0.1, -0.05) is 13.8 Å². The van der Waals surface area contributed by atoms with Crippen LogP contribution in [0.1, 0.15) is 33.1 Å². The van der Waals surface area contributed by atoms with Crippen molar-refractivity contribution in [2.45, 2.75) is 33.1 Å². The van der Waals surface area contributed by atoms with Gasteiger partial charge in [0.15, 0.2) is 11.6 Å². The minimum atomic E-state index is 0.408. The van der Waals surface area contributed by atoms with Crippen LogP contribution in [0.4, 0.5) is 11.6 Å². The summed E-state index contributed by atoms with van der Waals surface area (Å²) in [5, 5.41) is 15.5. The molecule has 6 nitrogen and oxygen atoms in total. The van der Waals surface area contributed by atoms with Crippen LogP contribution >= 0.6 is 0 Å². The van der Waals surface area contributed by atoms with Crippen molar-refractivity contribution in [2.24, 2.45) is 22.4 Å². The van der Waals surface area contributed by atoms with Gasteiger partial charge in [0.2, 0.25) is 0 Å². The molecule has 0 N–H and O–H groups in total. The van der Waals surface area contributed by atoms with Gasteiger partial charge >= 0.3 is 0 Å². The second kappa shape index (κ2) is 5.99. The lowest BCUT2D eigenvalue weighted by molar-refractivity contribution is 0.122. The molecule has 130 valence electrons. The van der Waals surface area contributed by atoms with Crippen LogP contribution < -0.4 is 9.91 Å². The second-order valence-corrected chi connectivity index (χ2v) is 7.82. The van der Waals surface area contributed by atoms with Crippen molar-refractivity contribution in [3.63, 3.8) is 0 Å². The molecule has 6 heteroatoms. The highest BCUT2D eigenvalue weighted by atomic mass is 16.5. The average Bonchev–Trinajstić information content (AvgIpc) is 3.02. The molecule has 1 aromatic heterocycles. The van der Waals surface area contributed by atoms with Crippen molar-refractivity contribution in [3.05, 3.63) is 12.1 Å². The summed E-state index contributed by atoms with van der Waals surface area (Å²) >= 11 is 0. The SMILES string of the molecule is CN(N=C1CC2CCC1C2(C)C)c1ccc(N2CCOCC2)nn1. The predicted molar refractivity (Wildman–Crippen MR) is 95.5 cm³/mol. The quantitative estimate of drug-likeness (QED) is 0.798. The largest absolute Gasteiger partial charge is 0.378 e. The van der Waals surface area contributed by atoms with Gasteiger partial charge in [0.1, 0.15) is 0 Å². The van der Waals surface area contributed by atoms with Crippen molar-refractivity contribution >= 4 is 17.3 Å². The van der Waals surface area contributed by atoms with Crippen LogP contribution in [0.15, 0.2) is 17.2 Å². The van der Waals surface area contributed by atoms with Crippen molar-refractivity contribution in [1.82, 2.24) is 10.2 Å². The first-order valence-corrected chi connectivity index (χ1v) is 9.03. The minimum absolute atomic E-state index is 0.408. The standard InChI is InChI=1S/C18H27N5O/c1-18(2)13-4-5-14(18)15(12-13)21-22(3)16-6-7-17(20-19-16)23-8-10-24-11-9-23/h6-7,13-14H,4-5,8-12H2,1-3H3. The van der Waals surface area contributed by atoms with Crippen LogP contribution in [-0.4, -0.2) is 49.3 Å². The Morgan fingerprint density at radius 3 is 2.58 bits per heavy atom. The van der Waals surface area contributed by atoms with E-state index < -0.39 is 0 Å². The Morgan fingerprint density at radius 2 is 2.00 bits per heavy atom. The lowest BCUT2D eigenvalue weighted by atomic mass is 9.82. The summed E-state index contributed by atoms with van der Waals surface area (Å²) in [6, 6.07) is 4.05. The van der Waals surface area contributed by atoms with Gasteiger partial charge in [0.25, 0.3) is 0 Å². The lowest BCUT2D eigenvalue weighted by Gasteiger charge is -2.27. The monoisotopic (exact) mass is 329 g/mol. The fourth-order valence-electron chi connectivity index (χ4n) is 4.56. The molecule has 2 atom stereocenters. The van der Waals surface area contributed by atoms with E-state index in [9.17, 15) is 0 Å². The van der Waals surface area contributed by atoms with Gasteiger partial charge in [-0.25, -0.2) is 5.01 Å². The molecule has 4 rings (SSSR count). The molecule has 1 saturated heterocycles. The zero-order valence-corrected chi connectivity index (χ0v) is 14.9. The highest BCUT2D eigenvalue weighted by Crippen LogP contribution is 2.56. The Hall–Kier alpha value is -1.69. The Morgan fingerprint density at radius 1 is 1.21 bits per heavy atom. The first kappa shape index (κ1) is 15.8. The number of ether oxygens (including phenoxy) is 1. The zero-order valence-electron chi connectivity index (χ0n) is 14.9. The van der Waals surface area contributed by atoms with Crippen molar-refractivity contribution in [3.8, 4) is 0 Å². The molecular formula is C18H27N5O. The molecule has 0 aromatic carbocycles. The first-order valence-electron chi connectivity index (χ1n) is 9.03. The van der Waals surface area contributed by atoms with Gasteiger partial charge in [-0.15, -0.1) is 10.2 Å². The van der Waals surface area contributed by atoms with Gasteiger partial charge in [0.05, 0.1) is 13.2 Å². The number of aromatic nitrogens is 2. The maximum atomic E-state index is 5.38. The van der Waals surface area contributed by atoms with Crippen LogP contribution in [0.2, 0.25) is 0 Å². The summed E-state index contributed by atoms with van der Waals surface area (Å²) in [7, 11) is 1.98. The Kier molecular flexibility index (Phi) is 3.95. The third-order valence-corrected chi connectivity index (χ3v) is 6.19. The number of hydrazone groups is 1. The van der Waals surface area contributed by atoms with Gasteiger partial charge in [-0.05, 0) is 42.7 Å². The molecule has 2 unspecified atom stereocenters. The maximum absolute atomic E-state index is 5.38. The highest BCUT2D eigenvalue weighted by Gasteiger charge is 2.51. The number of rotatable bonds is 3. The van der Waals surface area contributed by atoms with Crippen molar-refractivity contribution in [2.75, 3.05) is 43.3 Å². The molecular weight excluding hydrogens is 302 g/mol. The summed E-state index contributed by atoms with van der Waals surface area (Å²) in [6.07, 6.45) is 3.78. The molecule has 2 heterocycles. The van der Waals surface area contributed by atoms with E-state index in [-0.39, 0.29) is 0 Å². The molecule has 1 aliphatic heterocycles. The molecule has 3 aliphatic rings. The van der Waals surface area contributed by atoms with Crippen LogP contribution in [0.5, 0.6) is 0 Å². The van der Waals surface area contributed by atoms with E-state index in [0.717, 1.165) is 50.3 Å². The smallest absolute Gasteiger partial charge is 0.171 e. The average molecular weight is 329 g/mol. The number of nitrogens with zero attached hydrogens (tertiary/aromatic N) is 5. The Bertz CT molecular complexity index is 621. The molecule has 3 fully saturated rings. The summed E-state index contributed by atoms with van der Waals surface area (Å²) in [6.45, 7) is 8.07. The van der Waals surface area contributed by atoms with E-state index in [2.05, 4.69) is 28.9 Å². The third-order valence-electron chi connectivity index (χ3n) is 6.19. The molecule has 24 heavy (non-hydrogen) atoms. The van der Waals surface area contributed by atoms with Crippen LogP contribution in [-0.2, 0) is 4.74 Å². The van der Waals surface area contributed by atoms with Gasteiger partial charge in [-0.3, -0.25) is 0 Å². The zero-order chi connectivity index (χ0) is 16.7. The van der Waals surface area contributed by atoms with Gasteiger partial charge < -0.3 is 9.64 Å². The second-order valence-electron chi connectivity index (χ2n) is 7.82. The fourth-order valence-corrected chi connectivity index (χ4v) is 4.56. The lowest BCUT2D eigenvalue weighted by Crippen LogP contribution is -2.36. The van der Waals surface area contributed by atoms with Gasteiger partial charge in [0, 0.05) is 31.8 Å². The predicted octanol–water partition coefficient (Wildman–Crippen LogP) is 2.56. The number of hydrogen-bond acceptors (Lipinski definition) is 6. The molecule has 2 saturated carbocycles. The number of anilines is 2. The fraction of sp³-hybridized carbons (Fsp3) is 0.722. The van der Waals surface area contributed by atoms with Crippen molar-refractivity contribution < 1.29 is 4.74 Å². The molecule has 1 aromatic rings. The Labute approximate surface area is 143 Å². The number of morpholine rings is 1. The highest BCUT2D eigenvalue weighted by molar-refractivity contribution is 5.91. The van der Waals surface area contributed by atoms with Crippen molar-refractivity contribution in [1.29, 1.82) is 0 Å². The van der Waals surface area contributed by atoms with E-state index in [1.807, 2.05) is 24.2 Å². The Balaban J connectivity index is 1.47. The minimum Gasteiger partial charge on any atom is -0.378 e. The van der Waals surface area contributed by atoms with Crippen LogP contribution in [0, 0.1) is 17.3 Å². The number of hydrogen-bond donors (Lipinski definition) is 0. The normalized spacial score (nSPS) is 30.1. The molecule has 0 radical (unpaired) electrons. The summed E-state index contributed by atoms with van der Waals surface area (Å²) in [5.74, 6) is 3.15. The maximum Gasteiger partial charge on any atom is 0.171 e. The van der Waals surface area contributed by atoms with E-state index in [1.165, 1.54) is 18.6 Å². The van der Waals surface area contributed by atoms with Crippen LogP contribution in [0.3, 0.4) is 0 Å². The number of fused-ring (bicyclic) bond motifs is 2. The molecule has 2 aliphatic carbocycles. The summed E-state index contributed by atoms with van der Waals surface area (Å²) in [5.41, 5.74) is 1.75. The van der Waals surface area contributed by atoms with E-state index >= 15 is 0 Å². The van der Waals surface area contributed by atoms with Gasteiger partial charge in [-0.2, -0.15) is 5.10 Å². The van der Waals surface area contributed by atoms with E-state index in [4.69, 9.17) is 9.84 Å². The first-order chi connectivity index (χ1) is 11.6. The molecule has 0 amide bonds. The van der Waals surface area contributed by atoms with E-state index in [1.54, 1.807) is 0 Å². The molecule has 2 bridgehead atoms. The third kappa shape index (κ3) is 2.66. The summed E-state index contributed by atoms with van der Waals surface area (Å²) in [4.78, 5) is 2.21. The molecule has 0 spiro atoms. The summed E-state index contributed by atoms with van der Waals surface area (Å²) < 4.78 is 5.38. The van der Waals surface area contributed by atoms with Crippen LogP contribution in [0.25, 0.3) is 0 Å². The van der Waals surface area contributed by atoms with E-state index in [0.29, 0.717) is 11.3 Å². The topological polar surface area (TPSA) is 53.9 Å².